The summed E-state index contributed by atoms with van der Waals surface area (Å²) in [6.07, 6.45) is 1.77. The number of hydrogen-bond donors (Lipinski definition) is 0. The van der Waals surface area contributed by atoms with Crippen molar-refractivity contribution in [1.82, 2.24) is 24.8 Å². The van der Waals surface area contributed by atoms with Gasteiger partial charge < -0.3 is 9.42 Å². The maximum atomic E-state index is 13.2. The Morgan fingerprint density at radius 2 is 1.51 bits per heavy atom. The summed E-state index contributed by atoms with van der Waals surface area (Å²) in [4.78, 5) is 24.7. The quantitative estimate of drug-likeness (QED) is 0.492. The Hall–Kier alpha value is -3.03. The third-order valence-corrected chi connectivity index (χ3v) is 7.71. The second-order valence-corrected chi connectivity index (χ2v) is 11.5. The predicted octanol–water partition coefficient (Wildman–Crippen LogP) is 4.59. The van der Waals surface area contributed by atoms with Crippen molar-refractivity contribution in [1.29, 1.82) is 0 Å². The van der Waals surface area contributed by atoms with Gasteiger partial charge in [-0.2, -0.15) is 4.98 Å². The monoisotopic (exact) mass is 501 g/mol. The van der Waals surface area contributed by atoms with Crippen LogP contribution in [0.15, 0.2) is 59.1 Å². The molecule has 196 valence electrons. The van der Waals surface area contributed by atoms with Gasteiger partial charge in [-0.25, -0.2) is 0 Å². The van der Waals surface area contributed by atoms with Crippen molar-refractivity contribution in [3.8, 4) is 11.4 Å². The van der Waals surface area contributed by atoms with Gasteiger partial charge in [0, 0.05) is 44.2 Å². The van der Waals surface area contributed by atoms with Crippen molar-refractivity contribution in [2.24, 2.45) is 5.92 Å². The van der Waals surface area contributed by atoms with Crippen LogP contribution in [0.25, 0.3) is 11.4 Å². The lowest BCUT2D eigenvalue weighted by Crippen LogP contribution is -2.51. The van der Waals surface area contributed by atoms with Gasteiger partial charge in [-0.1, -0.05) is 80.5 Å². The summed E-state index contributed by atoms with van der Waals surface area (Å²) < 4.78 is 5.56. The highest BCUT2D eigenvalue weighted by Crippen LogP contribution is 2.26. The van der Waals surface area contributed by atoms with E-state index in [9.17, 15) is 4.79 Å². The van der Waals surface area contributed by atoms with Gasteiger partial charge in [-0.3, -0.25) is 14.6 Å². The molecule has 0 aliphatic carbocycles. The van der Waals surface area contributed by atoms with Crippen LogP contribution in [0.3, 0.4) is 0 Å². The average molecular weight is 502 g/mol. The number of carbonyl (C=O) groups is 1. The number of rotatable bonds is 6. The fraction of sp³-hybridized carbons (Fsp3) is 0.500. The van der Waals surface area contributed by atoms with E-state index in [4.69, 9.17) is 4.52 Å². The van der Waals surface area contributed by atoms with Gasteiger partial charge in [0.05, 0.1) is 6.54 Å². The maximum Gasteiger partial charge on any atom is 0.241 e. The minimum absolute atomic E-state index is 0.116. The first kappa shape index (κ1) is 25.6. The number of hydrogen-bond acceptors (Lipinski definition) is 6. The molecule has 3 heterocycles. The maximum absolute atomic E-state index is 13.2. The molecule has 0 N–H and O–H groups in total. The third-order valence-electron chi connectivity index (χ3n) is 7.71. The Kier molecular flexibility index (Phi) is 7.72. The van der Waals surface area contributed by atoms with Crippen LogP contribution in [-0.4, -0.2) is 70.0 Å². The van der Waals surface area contributed by atoms with E-state index >= 15 is 0 Å². The minimum Gasteiger partial charge on any atom is -0.340 e. The molecule has 0 bridgehead atoms. The van der Waals surface area contributed by atoms with Crippen molar-refractivity contribution < 1.29 is 9.32 Å². The molecule has 2 saturated heterocycles. The Balaban J connectivity index is 1.07. The summed E-state index contributed by atoms with van der Waals surface area (Å²) in [7, 11) is 0. The summed E-state index contributed by atoms with van der Waals surface area (Å²) in [5.74, 6) is 1.72. The first-order valence-electron chi connectivity index (χ1n) is 13.6. The van der Waals surface area contributed by atoms with E-state index in [0.29, 0.717) is 24.2 Å². The fourth-order valence-electron chi connectivity index (χ4n) is 5.31. The standard InChI is InChI=1S/C30H39N5O2/c1-30(2,3)26-11-9-24(10-12-26)28-31-27(37-32-28)22-33-15-13-25(14-16-33)29(36)35-19-17-34(18-20-35)21-23-7-5-4-6-8-23/h4-12,25H,13-22H2,1-3H3. The fourth-order valence-corrected chi connectivity index (χ4v) is 5.31. The molecule has 7 nitrogen and oxygen atoms in total. The highest BCUT2D eigenvalue weighted by molar-refractivity contribution is 5.79. The lowest BCUT2D eigenvalue weighted by molar-refractivity contribution is -0.139. The van der Waals surface area contributed by atoms with Crippen molar-refractivity contribution in [3.05, 3.63) is 71.6 Å². The van der Waals surface area contributed by atoms with Crippen LogP contribution < -0.4 is 0 Å². The van der Waals surface area contributed by atoms with Gasteiger partial charge in [0.1, 0.15) is 0 Å². The topological polar surface area (TPSA) is 65.7 Å². The summed E-state index contributed by atoms with van der Waals surface area (Å²) in [5.41, 5.74) is 3.70. The molecule has 0 unspecified atom stereocenters. The Morgan fingerprint density at radius 3 is 2.16 bits per heavy atom. The smallest absolute Gasteiger partial charge is 0.241 e. The zero-order valence-electron chi connectivity index (χ0n) is 22.4. The van der Waals surface area contributed by atoms with Crippen molar-refractivity contribution in [2.75, 3.05) is 39.3 Å². The van der Waals surface area contributed by atoms with E-state index in [2.05, 4.69) is 100 Å². The molecule has 0 saturated carbocycles. The molecule has 1 amide bonds. The average Bonchev–Trinajstić information content (AvgIpc) is 3.38. The lowest BCUT2D eigenvalue weighted by atomic mass is 9.87. The molecule has 7 heteroatoms. The molecule has 0 radical (unpaired) electrons. The van der Waals surface area contributed by atoms with Gasteiger partial charge in [0.2, 0.25) is 17.6 Å². The highest BCUT2D eigenvalue weighted by Gasteiger charge is 2.31. The number of likely N-dealkylation sites (tertiary alicyclic amines) is 1. The van der Waals surface area contributed by atoms with Crippen LogP contribution in [-0.2, 0) is 23.3 Å². The summed E-state index contributed by atoms with van der Waals surface area (Å²) in [5, 5.41) is 4.20. The molecule has 3 aromatic rings. The molecule has 2 aliphatic rings. The van der Waals surface area contributed by atoms with E-state index in [1.165, 1.54) is 11.1 Å². The van der Waals surface area contributed by atoms with Gasteiger partial charge >= 0.3 is 0 Å². The van der Waals surface area contributed by atoms with Gasteiger partial charge in [0.15, 0.2) is 0 Å². The van der Waals surface area contributed by atoms with Crippen LogP contribution in [0, 0.1) is 5.92 Å². The number of carbonyl (C=O) groups excluding carboxylic acids is 1. The van der Waals surface area contributed by atoms with Gasteiger partial charge in [0.25, 0.3) is 0 Å². The van der Waals surface area contributed by atoms with E-state index in [0.717, 1.165) is 64.2 Å². The number of benzene rings is 2. The molecule has 2 aliphatic heterocycles. The summed E-state index contributed by atoms with van der Waals surface area (Å²) >= 11 is 0. The number of piperazine rings is 1. The third kappa shape index (κ3) is 6.46. The normalized spacial score (nSPS) is 18.3. The second kappa shape index (κ2) is 11.2. The first-order valence-corrected chi connectivity index (χ1v) is 13.6. The molecule has 5 rings (SSSR count). The van der Waals surface area contributed by atoms with E-state index in [1.807, 2.05) is 0 Å². The van der Waals surface area contributed by atoms with Gasteiger partial charge in [-0.05, 0) is 42.5 Å². The molecule has 1 aromatic heterocycles. The van der Waals surface area contributed by atoms with Crippen LogP contribution >= 0.6 is 0 Å². The number of nitrogens with zero attached hydrogens (tertiary/aromatic N) is 5. The Bertz CT molecular complexity index is 1150. The molecule has 0 atom stereocenters. The molecule has 0 spiro atoms. The van der Waals surface area contributed by atoms with Crippen molar-refractivity contribution >= 4 is 5.91 Å². The minimum atomic E-state index is 0.116. The van der Waals surface area contributed by atoms with Crippen LogP contribution in [0.4, 0.5) is 0 Å². The van der Waals surface area contributed by atoms with Crippen LogP contribution in [0.1, 0.15) is 50.6 Å². The molecular formula is C30H39N5O2. The van der Waals surface area contributed by atoms with Crippen LogP contribution in [0.2, 0.25) is 0 Å². The highest BCUT2D eigenvalue weighted by atomic mass is 16.5. The zero-order chi connectivity index (χ0) is 25.8. The summed E-state index contributed by atoms with van der Waals surface area (Å²) in [6, 6.07) is 19.0. The molecule has 2 fully saturated rings. The van der Waals surface area contributed by atoms with Crippen LogP contribution in [0.5, 0.6) is 0 Å². The Morgan fingerprint density at radius 1 is 0.865 bits per heavy atom. The van der Waals surface area contributed by atoms with E-state index in [-0.39, 0.29) is 11.3 Å². The molecule has 37 heavy (non-hydrogen) atoms. The number of amides is 1. The zero-order valence-corrected chi connectivity index (χ0v) is 22.4. The number of aromatic nitrogens is 2. The summed E-state index contributed by atoms with van der Waals surface area (Å²) in [6.45, 7) is 13.5. The first-order chi connectivity index (χ1) is 17.8. The second-order valence-electron chi connectivity index (χ2n) is 11.5. The van der Waals surface area contributed by atoms with Crippen molar-refractivity contribution in [2.45, 2.75) is 52.1 Å². The van der Waals surface area contributed by atoms with Crippen molar-refractivity contribution in [3.63, 3.8) is 0 Å². The largest absolute Gasteiger partial charge is 0.340 e. The lowest BCUT2D eigenvalue weighted by Gasteiger charge is -2.38. The van der Waals surface area contributed by atoms with E-state index < -0.39 is 0 Å². The SMILES string of the molecule is CC(C)(C)c1ccc(-c2noc(CN3CCC(C(=O)N4CCN(Cc5ccccc5)CC4)CC3)n2)cc1. The van der Waals surface area contributed by atoms with Gasteiger partial charge in [-0.15, -0.1) is 0 Å². The predicted molar refractivity (Wildman–Crippen MR) is 145 cm³/mol. The number of piperidine rings is 1. The Labute approximate surface area is 220 Å². The van der Waals surface area contributed by atoms with E-state index in [1.54, 1.807) is 0 Å². The molecular weight excluding hydrogens is 462 g/mol. The molecule has 2 aromatic carbocycles.